The van der Waals surface area contributed by atoms with Crippen LogP contribution in [0, 0.1) is 5.41 Å². The molecule has 4 nitrogen and oxygen atoms in total. The summed E-state index contributed by atoms with van der Waals surface area (Å²) in [6, 6.07) is 0.0370. The van der Waals surface area contributed by atoms with Crippen molar-refractivity contribution in [1.82, 2.24) is 4.72 Å². The van der Waals surface area contributed by atoms with Crippen molar-refractivity contribution in [2.24, 2.45) is 10.6 Å². The average molecular weight is 192 g/mol. The standard InChI is InChI=1S/C7H16N2O2S/c1-7(2)4-3-6(5-7)9-12(8,10)11/h6,9H,3-5H2,1-2H3,(H2,8,10,11). The molecular formula is C7H16N2O2S. The molecule has 0 spiro atoms. The van der Waals surface area contributed by atoms with Gasteiger partial charge >= 0.3 is 0 Å². The summed E-state index contributed by atoms with van der Waals surface area (Å²) in [5.41, 5.74) is 0.252. The molecule has 72 valence electrons. The summed E-state index contributed by atoms with van der Waals surface area (Å²) in [6.45, 7) is 4.27. The molecule has 0 heterocycles. The van der Waals surface area contributed by atoms with E-state index in [0.29, 0.717) is 0 Å². The highest BCUT2D eigenvalue weighted by molar-refractivity contribution is 7.87. The third-order valence-corrected chi connectivity index (χ3v) is 2.96. The molecule has 0 saturated heterocycles. The third-order valence-electron chi connectivity index (χ3n) is 2.30. The highest BCUT2D eigenvalue weighted by Crippen LogP contribution is 2.36. The van der Waals surface area contributed by atoms with E-state index in [4.69, 9.17) is 5.14 Å². The number of nitrogens with one attached hydrogen (secondary N) is 1. The molecule has 0 aromatic carbocycles. The average Bonchev–Trinajstić information content (AvgIpc) is 2.05. The summed E-state index contributed by atoms with van der Waals surface area (Å²) in [5.74, 6) is 0. The van der Waals surface area contributed by atoms with E-state index in [2.05, 4.69) is 18.6 Å². The summed E-state index contributed by atoms with van der Waals surface area (Å²) in [5, 5.41) is 4.86. The van der Waals surface area contributed by atoms with Gasteiger partial charge < -0.3 is 0 Å². The minimum Gasteiger partial charge on any atom is -0.216 e. The lowest BCUT2D eigenvalue weighted by molar-refractivity contribution is 0.372. The molecule has 0 aromatic rings. The third kappa shape index (κ3) is 3.08. The molecule has 1 rings (SSSR count). The van der Waals surface area contributed by atoms with Crippen LogP contribution in [0.15, 0.2) is 0 Å². The van der Waals surface area contributed by atoms with Gasteiger partial charge in [0.05, 0.1) is 0 Å². The smallest absolute Gasteiger partial charge is 0.216 e. The number of hydrogen-bond acceptors (Lipinski definition) is 2. The van der Waals surface area contributed by atoms with Gasteiger partial charge in [-0.15, -0.1) is 0 Å². The zero-order chi connectivity index (χ0) is 9.41. The van der Waals surface area contributed by atoms with Gasteiger partial charge in [-0.05, 0) is 24.7 Å². The van der Waals surface area contributed by atoms with Gasteiger partial charge in [0.25, 0.3) is 10.2 Å². The zero-order valence-electron chi connectivity index (χ0n) is 7.50. The molecular weight excluding hydrogens is 176 g/mol. The van der Waals surface area contributed by atoms with E-state index < -0.39 is 10.2 Å². The number of rotatable bonds is 2. The second-order valence-corrected chi connectivity index (χ2v) is 5.59. The molecule has 3 N–H and O–H groups in total. The van der Waals surface area contributed by atoms with Crippen molar-refractivity contribution >= 4 is 10.2 Å². The van der Waals surface area contributed by atoms with Crippen LogP contribution in [0.5, 0.6) is 0 Å². The van der Waals surface area contributed by atoms with Crippen LogP contribution in [0.3, 0.4) is 0 Å². The van der Waals surface area contributed by atoms with E-state index in [9.17, 15) is 8.42 Å². The van der Waals surface area contributed by atoms with E-state index in [-0.39, 0.29) is 11.5 Å². The van der Waals surface area contributed by atoms with Crippen molar-refractivity contribution in [1.29, 1.82) is 0 Å². The monoisotopic (exact) mass is 192 g/mol. The van der Waals surface area contributed by atoms with Gasteiger partial charge in [0.1, 0.15) is 0 Å². The van der Waals surface area contributed by atoms with Crippen LogP contribution < -0.4 is 9.86 Å². The van der Waals surface area contributed by atoms with Crippen LogP contribution in [0.2, 0.25) is 0 Å². The highest BCUT2D eigenvalue weighted by atomic mass is 32.2. The normalized spacial score (nSPS) is 29.1. The molecule has 1 unspecified atom stereocenters. The van der Waals surface area contributed by atoms with Crippen molar-refractivity contribution < 1.29 is 8.42 Å². The first-order chi connectivity index (χ1) is 5.29. The van der Waals surface area contributed by atoms with Crippen molar-refractivity contribution in [2.45, 2.75) is 39.2 Å². The van der Waals surface area contributed by atoms with Gasteiger partial charge in [0.15, 0.2) is 0 Å². The van der Waals surface area contributed by atoms with Crippen molar-refractivity contribution in [3.05, 3.63) is 0 Å². The van der Waals surface area contributed by atoms with Crippen LogP contribution in [0.4, 0.5) is 0 Å². The Morgan fingerprint density at radius 1 is 1.50 bits per heavy atom. The molecule has 1 aliphatic rings. The van der Waals surface area contributed by atoms with Crippen LogP contribution in [-0.4, -0.2) is 14.5 Å². The number of hydrogen-bond donors (Lipinski definition) is 2. The Morgan fingerprint density at radius 3 is 2.42 bits per heavy atom. The van der Waals surface area contributed by atoms with Gasteiger partial charge in [-0.25, -0.2) is 5.14 Å². The van der Waals surface area contributed by atoms with Gasteiger partial charge in [0, 0.05) is 6.04 Å². The lowest BCUT2D eigenvalue weighted by atomic mass is 9.92. The van der Waals surface area contributed by atoms with E-state index in [0.717, 1.165) is 19.3 Å². The lowest BCUT2D eigenvalue weighted by Crippen LogP contribution is -2.38. The van der Waals surface area contributed by atoms with Crippen LogP contribution in [-0.2, 0) is 10.2 Å². The summed E-state index contributed by atoms with van der Waals surface area (Å²) >= 11 is 0. The number of nitrogens with two attached hydrogens (primary N) is 1. The van der Waals surface area contributed by atoms with E-state index >= 15 is 0 Å². The predicted molar refractivity (Wildman–Crippen MR) is 47.7 cm³/mol. The Bertz CT molecular complexity index is 259. The molecule has 0 bridgehead atoms. The molecule has 5 heteroatoms. The van der Waals surface area contributed by atoms with Gasteiger partial charge in [-0.3, -0.25) is 0 Å². The molecule has 1 aliphatic carbocycles. The SMILES string of the molecule is CC1(C)CCC(NS(N)(=O)=O)C1. The Labute approximate surface area is 73.7 Å². The fourth-order valence-electron chi connectivity index (χ4n) is 1.77. The summed E-state index contributed by atoms with van der Waals surface area (Å²) in [4.78, 5) is 0. The second kappa shape index (κ2) is 2.97. The first-order valence-corrected chi connectivity index (χ1v) is 5.63. The van der Waals surface area contributed by atoms with Gasteiger partial charge in [-0.2, -0.15) is 13.1 Å². The first-order valence-electron chi connectivity index (χ1n) is 4.09. The largest absolute Gasteiger partial charge is 0.274 e. The van der Waals surface area contributed by atoms with Crippen molar-refractivity contribution in [2.75, 3.05) is 0 Å². The van der Waals surface area contributed by atoms with Crippen LogP contribution in [0.1, 0.15) is 33.1 Å². The maximum atomic E-state index is 10.7. The van der Waals surface area contributed by atoms with Crippen molar-refractivity contribution in [3.8, 4) is 0 Å². The Kier molecular flexibility index (Phi) is 2.47. The molecule has 0 amide bonds. The molecule has 1 atom stereocenters. The molecule has 1 saturated carbocycles. The maximum Gasteiger partial charge on any atom is 0.274 e. The minimum absolute atomic E-state index is 0.0370. The van der Waals surface area contributed by atoms with E-state index in [1.165, 1.54) is 0 Å². The first kappa shape index (κ1) is 9.95. The second-order valence-electron chi connectivity index (χ2n) is 4.27. The fourth-order valence-corrected chi connectivity index (χ4v) is 2.43. The lowest BCUT2D eigenvalue weighted by Gasteiger charge is -2.16. The topological polar surface area (TPSA) is 72.2 Å². The molecule has 1 fully saturated rings. The van der Waals surface area contributed by atoms with Gasteiger partial charge in [-0.1, -0.05) is 13.8 Å². The molecule has 0 aromatic heterocycles. The maximum absolute atomic E-state index is 10.7. The summed E-state index contributed by atoms with van der Waals surface area (Å²) in [6.07, 6.45) is 2.83. The van der Waals surface area contributed by atoms with E-state index in [1.54, 1.807) is 0 Å². The van der Waals surface area contributed by atoms with Gasteiger partial charge in [0.2, 0.25) is 0 Å². The zero-order valence-corrected chi connectivity index (χ0v) is 8.32. The Hall–Kier alpha value is -0.130. The van der Waals surface area contributed by atoms with Crippen LogP contribution in [0.25, 0.3) is 0 Å². The van der Waals surface area contributed by atoms with Crippen molar-refractivity contribution in [3.63, 3.8) is 0 Å². The Balaban J connectivity index is 2.49. The molecule has 0 radical (unpaired) electrons. The van der Waals surface area contributed by atoms with Crippen LogP contribution >= 0.6 is 0 Å². The Morgan fingerprint density at radius 2 is 2.08 bits per heavy atom. The minimum atomic E-state index is -3.51. The highest BCUT2D eigenvalue weighted by Gasteiger charge is 2.32. The van der Waals surface area contributed by atoms with E-state index in [1.807, 2.05) is 0 Å². The molecule has 0 aliphatic heterocycles. The fraction of sp³-hybridized carbons (Fsp3) is 1.00. The molecule has 12 heavy (non-hydrogen) atoms. The summed E-state index contributed by atoms with van der Waals surface area (Å²) in [7, 11) is -3.51. The predicted octanol–water partition coefficient (Wildman–Crippen LogP) is 0.358. The summed E-state index contributed by atoms with van der Waals surface area (Å²) < 4.78 is 23.8. The quantitative estimate of drug-likeness (QED) is 0.663.